The molecule has 0 spiro atoms. The van der Waals surface area contributed by atoms with E-state index in [1.807, 2.05) is 0 Å². The van der Waals surface area contributed by atoms with E-state index in [0.717, 1.165) is 25.0 Å². The zero-order valence-corrected chi connectivity index (χ0v) is 14.9. The molecule has 1 aromatic rings. The quantitative estimate of drug-likeness (QED) is 0.843. The van der Waals surface area contributed by atoms with Crippen LogP contribution in [0.25, 0.3) is 0 Å². The summed E-state index contributed by atoms with van der Waals surface area (Å²) in [5.74, 6) is -2.21. The van der Waals surface area contributed by atoms with Gasteiger partial charge in [0.25, 0.3) is 0 Å². The van der Waals surface area contributed by atoms with Crippen molar-refractivity contribution < 1.29 is 18.4 Å². The van der Waals surface area contributed by atoms with Crippen LogP contribution in [0.3, 0.4) is 0 Å². The Morgan fingerprint density at radius 2 is 1.42 bits per heavy atom. The third kappa shape index (κ3) is 4.80. The molecule has 2 N–H and O–H groups in total. The van der Waals surface area contributed by atoms with Crippen molar-refractivity contribution in [2.75, 3.05) is 5.32 Å². The first kappa shape index (κ1) is 18.8. The lowest BCUT2D eigenvalue weighted by Gasteiger charge is -2.29. The Bertz CT molecular complexity index is 651. The van der Waals surface area contributed by atoms with Gasteiger partial charge >= 0.3 is 0 Å². The normalized spacial score (nSPS) is 24.1. The molecule has 2 fully saturated rings. The van der Waals surface area contributed by atoms with Gasteiger partial charge in [-0.05, 0) is 50.7 Å². The van der Waals surface area contributed by atoms with Gasteiger partial charge in [0.2, 0.25) is 11.8 Å². The molecule has 26 heavy (non-hydrogen) atoms. The summed E-state index contributed by atoms with van der Waals surface area (Å²) in [5.41, 5.74) is 0.256. The predicted octanol–water partition coefficient (Wildman–Crippen LogP) is 4.16. The van der Waals surface area contributed by atoms with Gasteiger partial charge < -0.3 is 10.6 Å². The van der Waals surface area contributed by atoms with Crippen molar-refractivity contribution in [1.29, 1.82) is 0 Å². The van der Waals surface area contributed by atoms with Gasteiger partial charge in [0.05, 0.1) is 0 Å². The summed E-state index contributed by atoms with van der Waals surface area (Å²) in [6.07, 6.45) is 8.41. The maximum absolute atomic E-state index is 13.2. The number of benzene rings is 1. The van der Waals surface area contributed by atoms with Crippen molar-refractivity contribution in [3.8, 4) is 0 Å². The van der Waals surface area contributed by atoms with Gasteiger partial charge in [-0.2, -0.15) is 0 Å². The fraction of sp³-hybridized carbons (Fsp3) is 0.600. The molecule has 0 radical (unpaired) electrons. The van der Waals surface area contributed by atoms with Crippen LogP contribution in [0.15, 0.2) is 18.2 Å². The summed E-state index contributed by atoms with van der Waals surface area (Å²) in [4.78, 5) is 24.7. The van der Waals surface area contributed by atoms with Crippen molar-refractivity contribution in [3.05, 3.63) is 29.8 Å². The van der Waals surface area contributed by atoms with Crippen LogP contribution in [0.5, 0.6) is 0 Å². The number of nitrogens with one attached hydrogen (secondary N) is 2. The van der Waals surface area contributed by atoms with Crippen LogP contribution >= 0.6 is 0 Å². The lowest BCUT2D eigenvalue weighted by molar-refractivity contribution is -0.129. The molecule has 0 aromatic heterocycles. The van der Waals surface area contributed by atoms with Crippen molar-refractivity contribution >= 4 is 17.5 Å². The highest BCUT2D eigenvalue weighted by atomic mass is 19.2. The topological polar surface area (TPSA) is 58.2 Å². The highest BCUT2D eigenvalue weighted by Crippen LogP contribution is 2.30. The van der Waals surface area contributed by atoms with Gasteiger partial charge in [-0.3, -0.25) is 9.59 Å². The maximum Gasteiger partial charge on any atom is 0.227 e. The molecule has 2 aliphatic carbocycles. The van der Waals surface area contributed by atoms with E-state index in [2.05, 4.69) is 10.6 Å². The number of carbonyl (C=O) groups is 2. The predicted molar refractivity (Wildman–Crippen MR) is 95.5 cm³/mol. The van der Waals surface area contributed by atoms with E-state index in [0.29, 0.717) is 31.7 Å². The highest BCUT2D eigenvalue weighted by Gasteiger charge is 2.31. The van der Waals surface area contributed by atoms with Crippen molar-refractivity contribution in [2.24, 2.45) is 11.8 Å². The summed E-state index contributed by atoms with van der Waals surface area (Å²) in [5, 5.41) is 5.81. The summed E-state index contributed by atoms with van der Waals surface area (Å²) < 4.78 is 26.2. The number of rotatable bonds is 4. The standard InChI is InChI=1S/C20H26F2N2O2/c21-17-11-10-16(12-18(17)22)24-20(26)14-8-6-13(7-9-14)19(25)23-15-4-2-1-3-5-15/h10-15H,1-9H2,(H,23,25)(H,24,26). The summed E-state index contributed by atoms with van der Waals surface area (Å²) in [7, 11) is 0. The molecule has 2 amide bonds. The fourth-order valence-electron chi connectivity index (χ4n) is 4.00. The van der Waals surface area contributed by atoms with E-state index >= 15 is 0 Å². The molecule has 6 heteroatoms. The average Bonchev–Trinajstić information content (AvgIpc) is 2.65. The molecule has 0 aliphatic heterocycles. The van der Waals surface area contributed by atoms with Crippen LogP contribution in [-0.4, -0.2) is 17.9 Å². The highest BCUT2D eigenvalue weighted by molar-refractivity contribution is 5.92. The molecule has 4 nitrogen and oxygen atoms in total. The van der Waals surface area contributed by atoms with E-state index in [4.69, 9.17) is 0 Å². The molecule has 3 rings (SSSR count). The number of halogens is 2. The van der Waals surface area contributed by atoms with Crippen molar-refractivity contribution in [3.63, 3.8) is 0 Å². The minimum Gasteiger partial charge on any atom is -0.353 e. The zero-order valence-electron chi connectivity index (χ0n) is 14.9. The molecular formula is C20H26F2N2O2. The second-order valence-corrected chi connectivity index (χ2v) is 7.51. The first-order valence-corrected chi connectivity index (χ1v) is 9.59. The molecule has 0 unspecified atom stereocenters. The lowest BCUT2D eigenvalue weighted by atomic mass is 9.80. The van der Waals surface area contributed by atoms with Gasteiger partial charge in [-0.25, -0.2) is 8.78 Å². The fourth-order valence-corrected chi connectivity index (χ4v) is 4.00. The van der Waals surface area contributed by atoms with Gasteiger partial charge in [0, 0.05) is 29.6 Å². The molecule has 0 bridgehead atoms. The van der Waals surface area contributed by atoms with Crippen molar-refractivity contribution in [2.45, 2.75) is 63.8 Å². The largest absolute Gasteiger partial charge is 0.353 e. The lowest BCUT2D eigenvalue weighted by Crippen LogP contribution is -2.41. The summed E-state index contributed by atoms with van der Waals surface area (Å²) in [6, 6.07) is 3.64. The van der Waals surface area contributed by atoms with E-state index in [9.17, 15) is 18.4 Å². The van der Waals surface area contributed by atoms with Crippen LogP contribution in [0.4, 0.5) is 14.5 Å². The van der Waals surface area contributed by atoms with Crippen LogP contribution in [0, 0.1) is 23.5 Å². The van der Waals surface area contributed by atoms with Gasteiger partial charge in [0.1, 0.15) is 0 Å². The number of carbonyl (C=O) groups excluding carboxylic acids is 2. The molecule has 142 valence electrons. The Morgan fingerprint density at radius 3 is 2.04 bits per heavy atom. The summed E-state index contributed by atoms with van der Waals surface area (Å²) in [6.45, 7) is 0. The van der Waals surface area contributed by atoms with Crippen LogP contribution < -0.4 is 10.6 Å². The molecule has 0 atom stereocenters. The zero-order chi connectivity index (χ0) is 18.5. The minimum atomic E-state index is -0.981. The van der Waals surface area contributed by atoms with E-state index in [1.165, 1.54) is 25.3 Å². The Morgan fingerprint density at radius 1 is 0.808 bits per heavy atom. The Hall–Kier alpha value is -1.98. The Labute approximate surface area is 152 Å². The second-order valence-electron chi connectivity index (χ2n) is 7.51. The number of hydrogen-bond acceptors (Lipinski definition) is 2. The number of hydrogen-bond donors (Lipinski definition) is 2. The van der Waals surface area contributed by atoms with Crippen molar-refractivity contribution in [1.82, 2.24) is 5.32 Å². The minimum absolute atomic E-state index is 0.0238. The monoisotopic (exact) mass is 364 g/mol. The second kappa shape index (κ2) is 8.60. The first-order valence-electron chi connectivity index (χ1n) is 9.59. The van der Waals surface area contributed by atoms with Gasteiger partial charge in [-0.15, -0.1) is 0 Å². The average molecular weight is 364 g/mol. The number of amides is 2. The molecule has 0 heterocycles. The SMILES string of the molecule is O=C(Nc1ccc(F)c(F)c1)C1CCC(C(=O)NC2CCCCC2)CC1. The molecule has 0 saturated heterocycles. The molecule has 2 saturated carbocycles. The van der Waals surface area contributed by atoms with E-state index in [-0.39, 0.29) is 29.3 Å². The van der Waals surface area contributed by atoms with Crippen LogP contribution in [-0.2, 0) is 9.59 Å². The molecule has 1 aromatic carbocycles. The summed E-state index contributed by atoms with van der Waals surface area (Å²) >= 11 is 0. The van der Waals surface area contributed by atoms with Gasteiger partial charge in [0.15, 0.2) is 11.6 Å². The van der Waals surface area contributed by atoms with Crippen LogP contribution in [0.1, 0.15) is 57.8 Å². The van der Waals surface area contributed by atoms with Gasteiger partial charge in [-0.1, -0.05) is 19.3 Å². The third-order valence-corrected chi connectivity index (χ3v) is 5.61. The maximum atomic E-state index is 13.2. The third-order valence-electron chi connectivity index (χ3n) is 5.61. The number of anilines is 1. The first-order chi connectivity index (χ1) is 12.5. The van der Waals surface area contributed by atoms with E-state index in [1.54, 1.807) is 0 Å². The Kier molecular flexibility index (Phi) is 6.22. The molecular weight excluding hydrogens is 338 g/mol. The van der Waals surface area contributed by atoms with E-state index < -0.39 is 11.6 Å². The smallest absolute Gasteiger partial charge is 0.227 e. The molecule has 2 aliphatic rings. The Balaban J connectivity index is 1.45. The van der Waals surface area contributed by atoms with Crippen LogP contribution in [0.2, 0.25) is 0 Å².